The third-order valence-corrected chi connectivity index (χ3v) is 7.24. The molecule has 5 nitrogen and oxygen atoms in total. The number of methoxy groups -OCH3 is 1. The molecular weight excluding hydrogens is 404 g/mol. The summed E-state index contributed by atoms with van der Waals surface area (Å²) in [5.74, 6) is 9.71. The number of hydrogen-bond donors (Lipinski definition) is 0. The quantitative estimate of drug-likeness (QED) is 0.460. The normalized spacial score (nSPS) is 17.7. The van der Waals surface area contributed by atoms with E-state index in [9.17, 15) is 0 Å². The zero-order valence-corrected chi connectivity index (χ0v) is 17.9. The number of thiazole rings is 1. The lowest BCUT2D eigenvalue weighted by Crippen LogP contribution is -2.31. The molecule has 7 heteroatoms. The highest BCUT2D eigenvalue weighted by Crippen LogP contribution is 2.49. The Morgan fingerprint density at radius 3 is 3.10 bits per heavy atom. The Balaban J connectivity index is 1.39. The average Bonchev–Trinajstić information content (AvgIpc) is 3.37. The van der Waals surface area contributed by atoms with E-state index in [2.05, 4.69) is 40.9 Å². The lowest BCUT2D eigenvalue weighted by Gasteiger charge is -2.32. The molecule has 5 rings (SSSR count). The fourth-order valence-corrected chi connectivity index (χ4v) is 5.58. The summed E-state index contributed by atoms with van der Waals surface area (Å²) in [5, 5.41) is 0. The number of thioether (sulfide) groups is 1. The number of para-hydroxylation sites is 1. The maximum Gasteiger partial charge on any atom is 0.231 e. The van der Waals surface area contributed by atoms with Crippen LogP contribution in [0.3, 0.4) is 0 Å². The van der Waals surface area contributed by atoms with Gasteiger partial charge in [0, 0.05) is 12.1 Å². The van der Waals surface area contributed by atoms with E-state index < -0.39 is 0 Å². The van der Waals surface area contributed by atoms with E-state index in [1.54, 1.807) is 30.2 Å². The van der Waals surface area contributed by atoms with Gasteiger partial charge in [-0.3, -0.25) is 4.90 Å². The zero-order chi connectivity index (χ0) is 19.8. The van der Waals surface area contributed by atoms with Crippen LogP contribution in [0.4, 0.5) is 0 Å². The van der Waals surface area contributed by atoms with Crippen LogP contribution in [0, 0.1) is 11.8 Å². The first-order chi connectivity index (χ1) is 14.2. The van der Waals surface area contributed by atoms with E-state index in [1.165, 1.54) is 10.3 Å². The van der Waals surface area contributed by atoms with Crippen molar-refractivity contribution in [2.75, 3.05) is 33.2 Å². The monoisotopic (exact) mass is 424 g/mol. The highest BCUT2D eigenvalue weighted by molar-refractivity contribution is 8.01. The fraction of sp³-hybridized carbons (Fsp3) is 0.318. The predicted octanol–water partition coefficient (Wildman–Crippen LogP) is 4.36. The van der Waals surface area contributed by atoms with Crippen molar-refractivity contribution in [2.45, 2.75) is 16.8 Å². The van der Waals surface area contributed by atoms with Gasteiger partial charge in [0.15, 0.2) is 15.8 Å². The smallest absolute Gasteiger partial charge is 0.231 e. The summed E-state index contributed by atoms with van der Waals surface area (Å²) in [6, 6.07) is 10.3. The lowest BCUT2D eigenvalue weighted by molar-refractivity contribution is 0.171. The van der Waals surface area contributed by atoms with E-state index in [1.807, 2.05) is 18.2 Å². The van der Waals surface area contributed by atoms with Crippen LogP contribution in [-0.4, -0.2) is 43.1 Å². The van der Waals surface area contributed by atoms with Gasteiger partial charge in [-0.15, -0.1) is 11.3 Å². The molecule has 0 fully saturated rings. The Morgan fingerprint density at radius 1 is 1.34 bits per heavy atom. The molecule has 2 aliphatic heterocycles. The Morgan fingerprint density at radius 2 is 2.24 bits per heavy atom. The second kappa shape index (κ2) is 7.79. The molecule has 3 aromatic rings. The van der Waals surface area contributed by atoms with Crippen LogP contribution in [0.2, 0.25) is 0 Å². The molecule has 2 aliphatic rings. The van der Waals surface area contributed by atoms with Crippen LogP contribution < -0.4 is 14.2 Å². The van der Waals surface area contributed by atoms with Crippen molar-refractivity contribution in [2.24, 2.45) is 0 Å². The SMILES string of the molecule is COc1c2c(cc3c1[C@H](C#CCSc1nc4ccccc4s1)N(C)CC3)OCO2. The standard InChI is InChI=1S/C22H20N2O3S2/c1-24-10-9-14-12-17-20(27-13-26-17)21(25-2)19(14)16(24)7-5-11-28-22-23-15-6-3-4-8-18(15)29-22/h3-4,6,8,12,16H,9-11,13H2,1-2H3/t16-/m0/s1. The molecule has 1 atom stereocenters. The van der Waals surface area contributed by atoms with Gasteiger partial charge in [0.1, 0.15) is 6.04 Å². The summed E-state index contributed by atoms with van der Waals surface area (Å²) in [4.78, 5) is 6.93. The van der Waals surface area contributed by atoms with Gasteiger partial charge in [0.2, 0.25) is 12.5 Å². The van der Waals surface area contributed by atoms with Crippen molar-refractivity contribution in [3.8, 4) is 29.1 Å². The van der Waals surface area contributed by atoms with Gasteiger partial charge in [-0.05, 0) is 37.2 Å². The third-order valence-electron chi connectivity index (χ3n) is 5.18. The molecule has 1 aromatic heterocycles. The van der Waals surface area contributed by atoms with Crippen LogP contribution in [0.1, 0.15) is 17.2 Å². The lowest BCUT2D eigenvalue weighted by atomic mass is 9.91. The van der Waals surface area contributed by atoms with Gasteiger partial charge >= 0.3 is 0 Å². The fourth-order valence-electron chi connectivity index (χ4n) is 3.76. The molecule has 0 unspecified atom stereocenters. The Labute approximate surface area is 178 Å². The Kier molecular flexibility index (Phi) is 5.00. The molecular formula is C22H20N2O3S2. The topological polar surface area (TPSA) is 43.8 Å². The zero-order valence-electron chi connectivity index (χ0n) is 16.2. The van der Waals surface area contributed by atoms with Crippen LogP contribution in [0.25, 0.3) is 10.2 Å². The number of ether oxygens (including phenoxy) is 3. The summed E-state index contributed by atoms with van der Waals surface area (Å²) in [6.45, 7) is 1.18. The van der Waals surface area contributed by atoms with Gasteiger partial charge < -0.3 is 14.2 Å². The molecule has 0 spiro atoms. The highest BCUT2D eigenvalue weighted by Gasteiger charge is 2.33. The number of rotatable bonds is 3. The van der Waals surface area contributed by atoms with Crippen LogP contribution >= 0.6 is 23.1 Å². The molecule has 0 bridgehead atoms. The van der Waals surface area contributed by atoms with Crippen molar-refractivity contribution in [3.63, 3.8) is 0 Å². The third kappa shape index (κ3) is 3.42. The number of benzene rings is 2. The number of nitrogens with zero attached hydrogens (tertiary/aromatic N) is 2. The molecule has 0 amide bonds. The molecule has 2 aromatic carbocycles. The first-order valence-electron chi connectivity index (χ1n) is 9.41. The summed E-state index contributed by atoms with van der Waals surface area (Å²) < 4.78 is 19.2. The second-order valence-electron chi connectivity index (χ2n) is 6.91. The molecule has 0 saturated heterocycles. The highest BCUT2D eigenvalue weighted by atomic mass is 32.2. The number of hydrogen-bond acceptors (Lipinski definition) is 7. The van der Waals surface area contributed by atoms with Crippen LogP contribution in [0.5, 0.6) is 17.2 Å². The summed E-state index contributed by atoms with van der Waals surface area (Å²) in [7, 11) is 3.78. The number of aromatic nitrogens is 1. The molecule has 0 aliphatic carbocycles. The molecule has 0 N–H and O–H groups in total. The average molecular weight is 425 g/mol. The van der Waals surface area contributed by atoms with E-state index in [4.69, 9.17) is 14.2 Å². The van der Waals surface area contributed by atoms with Crippen molar-refractivity contribution in [1.82, 2.24) is 9.88 Å². The number of fused-ring (bicyclic) bond motifs is 3. The molecule has 3 heterocycles. The van der Waals surface area contributed by atoms with Gasteiger partial charge in [-0.2, -0.15) is 0 Å². The maximum atomic E-state index is 5.73. The first kappa shape index (κ1) is 18.6. The van der Waals surface area contributed by atoms with Gasteiger partial charge in [-0.1, -0.05) is 35.7 Å². The minimum atomic E-state index is -0.0285. The van der Waals surface area contributed by atoms with Gasteiger partial charge in [0.25, 0.3) is 0 Å². The summed E-state index contributed by atoms with van der Waals surface area (Å²) in [5.41, 5.74) is 3.38. The van der Waals surface area contributed by atoms with Crippen molar-refractivity contribution in [3.05, 3.63) is 41.5 Å². The van der Waals surface area contributed by atoms with Gasteiger partial charge in [0.05, 0.1) is 23.1 Å². The van der Waals surface area contributed by atoms with E-state index in [-0.39, 0.29) is 12.8 Å². The maximum absolute atomic E-state index is 5.73. The number of likely N-dealkylation sites (N-methyl/N-ethyl adjacent to an activating group) is 1. The van der Waals surface area contributed by atoms with Crippen molar-refractivity contribution >= 4 is 33.3 Å². The van der Waals surface area contributed by atoms with Crippen LogP contribution in [-0.2, 0) is 6.42 Å². The van der Waals surface area contributed by atoms with E-state index in [0.29, 0.717) is 11.5 Å². The largest absolute Gasteiger partial charge is 0.492 e. The minimum absolute atomic E-state index is 0.0285. The molecule has 0 radical (unpaired) electrons. The molecule has 148 valence electrons. The molecule has 29 heavy (non-hydrogen) atoms. The Hall–Kier alpha value is -2.40. The molecule has 0 saturated carbocycles. The Bertz CT molecular complexity index is 1100. The van der Waals surface area contributed by atoms with Crippen molar-refractivity contribution < 1.29 is 14.2 Å². The van der Waals surface area contributed by atoms with Gasteiger partial charge in [-0.25, -0.2) is 4.98 Å². The summed E-state index contributed by atoms with van der Waals surface area (Å²) >= 11 is 3.40. The second-order valence-corrected chi connectivity index (χ2v) is 9.16. The van der Waals surface area contributed by atoms with E-state index in [0.717, 1.165) is 39.9 Å². The first-order valence-corrected chi connectivity index (χ1v) is 11.2. The minimum Gasteiger partial charge on any atom is -0.492 e. The van der Waals surface area contributed by atoms with Crippen molar-refractivity contribution in [1.29, 1.82) is 0 Å². The van der Waals surface area contributed by atoms with E-state index >= 15 is 0 Å². The summed E-state index contributed by atoms with van der Waals surface area (Å²) in [6.07, 6.45) is 0.942. The van der Waals surface area contributed by atoms with Crippen LogP contribution in [0.15, 0.2) is 34.7 Å². The predicted molar refractivity (Wildman–Crippen MR) is 116 cm³/mol.